The minimum absolute atomic E-state index is 0.0894. The Balaban J connectivity index is 2.12. The highest BCUT2D eigenvalue weighted by atomic mass is 16.5. The molecule has 2 aromatic rings. The Morgan fingerprint density at radius 1 is 1.21 bits per heavy atom. The van der Waals surface area contributed by atoms with Gasteiger partial charge in [-0.3, -0.25) is 9.59 Å². The normalized spacial score (nSPS) is 11.3. The molecule has 1 heterocycles. The molecule has 0 saturated carbocycles. The van der Waals surface area contributed by atoms with Gasteiger partial charge < -0.3 is 26.8 Å². The molecular formula is C20H24N6O3. The average Bonchev–Trinajstić information content (AvgIpc) is 2.75. The predicted octanol–water partition coefficient (Wildman–Crippen LogP) is 0.526. The number of aliphatic imine (C=N–C) groups is 1. The minimum Gasteiger partial charge on any atom is -0.496 e. The Bertz CT molecular complexity index is 911. The first kappa shape index (κ1) is 21.6. The number of benzene rings is 1. The molecule has 0 aliphatic heterocycles. The van der Waals surface area contributed by atoms with E-state index >= 15 is 0 Å². The third-order valence-corrected chi connectivity index (χ3v) is 3.84. The maximum atomic E-state index is 12.6. The fourth-order valence-corrected chi connectivity index (χ4v) is 2.40. The molecule has 0 aliphatic rings. The van der Waals surface area contributed by atoms with Crippen LogP contribution < -0.4 is 26.8 Å². The van der Waals surface area contributed by atoms with Crippen molar-refractivity contribution in [2.24, 2.45) is 16.5 Å². The number of hydrogen-bond donors (Lipinski definition) is 4. The smallest absolute Gasteiger partial charge is 0.270 e. The average molecular weight is 396 g/mol. The van der Waals surface area contributed by atoms with Crippen LogP contribution in [0.25, 0.3) is 0 Å². The van der Waals surface area contributed by atoms with Crippen molar-refractivity contribution < 1.29 is 14.3 Å². The second-order valence-corrected chi connectivity index (χ2v) is 5.85. The zero-order chi connectivity index (χ0) is 21.1. The molecule has 1 aromatic carbocycles. The van der Waals surface area contributed by atoms with E-state index in [2.05, 4.69) is 20.6 Å². The molecule has 2 amide bonds. The predicted molar refractivity (Wildman–Crippen MR) is 110 cm³/mol. The Morgan fingerprint density at radius 2 is 2.00 bits per heavy atom. The maximum absolute atomic E-state index is 12.6. The van der Waals surface area contributed by atoms with Crippen molar-refractivity contribution in [2.45, 2.75) is 13.1 Å². The number of carbonyl (C=O) groups is 2. The number of para-hydroxylation sites is 1. The van der Waals surface area contributed by atoms with Crippen LogP contribution in [0.15, 0.2) is 59.9 Å². The van der Waals surface area contributed by atoms with E-state index in [0.29, 0.717) is 11.6 Å². The monoisotopic (exact) mass is 396 g/mol. The largest absolute Gasteiger partial charge is 0.496 e. The lowest BCUT2D eigenvalue weighted by molar-refractivity contribution is -0.120. The third-order valence-electron chi connectivity index (χ3n) is 3.84. The Morgan fingerprint density at radius 3 is 2.72 bits per heavy atom. The van der Waals surface area contributed by atoms with Crippen molar-refractivity contribution in [2.75, 3.05) is 13.7 Å². The molecule has 0 saturated heterocycles. The number of rotatable bonds is 9. The van der Waals surface area contributed by atoms with Gasteiger partial charge in [-0.2, -0.15) is 0 Å². The van der Waals surface area contributed by atoms with Crippen LogP contribution in [0.4, 0.5) is 5.82 Å². The number of aromatic nitrogens is 1. The van der Waals surface area contributed by atoms with Gasteiger partial charge in [0.15, 0.2) is 5.82 Å². The van der Waals surface area contributed by atoms with Crippen LogP contribution in [0.5, 0.6) is 5.75 Å². The molecule has 0 atom stereocenters. The van der Waals surface area contributed by atoms with E-state index in [4.69, 9.17) is 16.2 Å². The van der Waals surface area contributed by atoms with Crippen LogP contribution in [0.3, 0.4) is 0 Å². The van der Waals surface area contributed by atoms with Crippen molar-refractivity contribution in [1.29, 1.82) is 0 Å². The Hall–Kier alpha value is -3.72. The van der Waals surface area contributed by atoms with Crippen molar-refractivity contribution in [3.8, 4) is 5.75 Å². The van der Waals surface area contributed by atoms with Gasteiger partial charge in [-0.05, 0) is 36.0 Å². The number of pyridine rings is 1. The summed E-state index contributed by atoms with van der Waals surface area (Å²) in [6.45, 7) is 0.454. The number of carbonyl (C=O) groups excluding carboxylic acids is 2. The zero-order valence-electron chi connectivity index (χ0n) is 16.1. The van der Waals surface area contributed by atoms with Crippen molar-refractivity contribution >= 4 is 23.3 Å². The van der Waals surface area contributed by atoms with Crippen LogP contribution in [0.1, 0.15) is 11.1 Å². The first-order valence-corrected chi connectivity index (χ1v) is 8.86. The first-order chi connectivity index (χ1) is 14.1. The molecule has 9 heteroatoms. The highest BCUT2D eigenvalue weighted by molar-refractivity contribution is 6.43. The van der Waals surface area contributed by atoms with Crippen molar-refractivity contribution in [1.82, 2.24) is 15.6 Å². The van der Waals surface area contributed by atoms with Gasteiger partial charge in [0.05, 0.1) is 13.7 Å². The van der Waals surface area contributed by atoms with Crippen LogP contribution in [-0.2, 0) is 22.7 Å². The lowest BCUT2D eigenvalue weighted by atomic mass is 10.2. The summed E-state index contributed by atoms with van der Waals surface area (Å²) in [5, 5.41) is 5.45. The van der Waals surface area contributed by atoms with Gasteiger partial charge in [-0.25, -0.2) is 9.98 Å². The molecule has 152 valence electrons. The summed E-state index contributed by atoms with van der Waals surface area (Å²) in [6.07, 6.45) is 4.16. The van der Waals surface area contributed by atoms with Gasteiger partial charge in [0.25, 0.3) is 5.91 Å². The summed E-state index contributed by atoms with van der Waals surface area (Å²) in [6, 6.07) is 10.8. The summed E-state index contributed by atoms with van der Waals surface area (Å²) in [5.41, 5.74) is 12.4. The topological polar surface area (TPSA) is 145 Å². The van der Waals surface area contributed by atoms with E-state index in [0.717, 1.165) is 11.1 Å². The van der Waals surface area contributed by atoms with E-state index < -0.39 is 5.91 Å². The Labute approximate surface area is 168 Å². The van der Waals surface area contributed by atoms with Crippen LogP contribution >= 0.6 is 0 Å². The summed E-state index contributed by atoms with van der Waals surface area (Å²) in [7, 11) is 1.57. The molecule has 6 N–H and O–H groups in total. The molecular weight excluding hydrogens is 372 g/mol. The van der Waals surface area contributed by atoms with E-state index in [-0.39, 0.29) is 31.3 Å². The van der Waals surface area contributed by atoms with Gasteiger partial charge in [-0.1, -0.05) is 18.2 Å². The number of amides is 2. The van der Waals surface area contributed by atoms with Gasteiger partial charge >= 0.3 is 0 Å². The number of ether oxygens (including phenoxy) is 1. The third kappa shape index (κ3) is 6.74. The van der Waals surface area contributed by atoms with E-state index in [1.165, 1.54) is 12.3 Å². The van der Waals surface area contributed by atoms with Crippen LogP contribution in [0, 0.1) is 0 Å². The molecule has 1 aromatic heterocycles. The molecule has 2 rings (SSSR count). The summed E-state index contributed by atoms with van der Waals surface area (Å²) in [4.78, 5) is 32.3. The summed E-state index contributed by atoms with van der Waals surface area (Å²) >= 11 is 0. The Kier molecular flexibility index (Phi) is 8.33. The summed E-state index contributed by atoms with van der Waals surface area (Å²) < 4.78 is 5.28. The van der Waals surface area contributed by atoms with Crippen LogP contribution in [0.2, 0.25) is 0 Å². The van der Waals surface area contributed by atoms with Gasteiger partial charge in [0, 0.05) is 24.8 Å². The first-order valence-electron chi connectivity index (χ1n) is 8.86. The zero-order valence-corrected chi connectivity index (χ0v) is 16.1. The number of nitrogens with zero attached hydrogens (tertiary/aromatic N) is 2. The fraction of sp³-hybridized carbons (Fsp3) is 0.200. The second-order valence-electron chi connectivity index (χ2n) is 5.85. The van der Waals surface area contributed by atoms with Crippen molar-refractivity contribution in [3.63, 3.8) is 0 Å². The highest BCUT2D eigenvalue weighted by Gasteiger charge is 2.11. The standard InChI is InChI=1S/C20H24N6O3/c1-29-17-5-3-2-4-15(17)13-25-20(28)16(6-8-21)26-18-10-14(7-9-23-18)12-24-19(27)11-22/h2-10H,11-13,21-22H2,1H3,(H,24,27)(H,25,28)/b8-6-,26-16?. The second kappa shape index (κ2) is 11.2. The lowest BCUT2D eigenvalue weighted by Crippen LogP contribution is -2.30. The molecule has 0 unspecified atom stereocenters. The number of hydrogen-bond acceptors (Lipinski definition) is 7. The maximum Gasteiger partial charge on any atom is 0.270 e. The molecule has 0 fully saturated rings. The fourth-order valence-electron chi connectivity index (χ4n) is 2.40. The van der Waals surface area contributed by atoms with Gasteiger partial charge in [0.1, 0.15) is 11.5 Å². The molecule has 0 bridgehead atoms. The summed E-state index contributed by atoms with van der Waals surface area (Å²) in [5.74, 6) is 0.301. The number of methoxy groups -OCH3 is 1. The van der Waals surface area contributed by atoms with Gasteiger partial charge in [0.2, 0.25) is 5.91 Å². The van der Waals surface area contributed by atoms with Crippen LogP contribution in [-0.4, -0.2) is 36.2 Å². The highest BCUT2D eigenvalue weighted by Crippen LogP contribution is 2.17. The number of nitrogens with one attached hydrogen (secondary N) is 2. The minimum atomic E-state index is -0.416. The molecule has 9 nitrogen and oxygen atoms in total. The molecule has 0 aliphatic carbocycles. The molecule has 0 spiro atoms. The SMILES string of the molecule is COc1ccccc1CNC(=O)C(/C=C\N)=Nc1cc(CNC(=O)CN)ccn1. The van der Waals surface area contributed by atoms with Crippen molar-refractivity contribution in [3.05, 3.63) is 66.0 Å². The van der Waals surface area contributed by atoms with E-state index in [9.17, 15) is 9.59 Å². The number of nitrogens with two attached hydrogens (primary N) is 2. The van der Waals surface area contributed by atoms with Gasteiger partial charge in [-0.15, -0.1) is 0 Å². The quantitative estimate of drug-likeness (QED) is 0.455. The lowest BCUT2D eigenvalue weighted by Gasteiger charge is -2.09. The van der Waals surface area contributed by atoms with E-state index in [1.54, 1.807) is 25.4 Å². The molecule has 29 heavy (non-hydrogen) atoms. The van der Waals surface area contributed by atoms with E-state index in [1.807, 2.05) is 24.3 Å². The molecule has 0 radical (unpaired) electrons.